The zero-order chi connectivity index (χ0) is 15.6. The third-order valence-corrected chi connectivity index (χ3v) is 4.28. The van der Waals surface area contributed by atoms with Crippen LogP contribution in [0.4, 0.5) is 15.5 Å². The molecule has 2 heterocycles. The zero-order valence-corrected chi connectivity index (χ0v) is 12.7. The maximum atomic E-state index is 12.2. The van der Waals surface area contributed by atoms with Crippen LogP contribution >= 0.6 is 11.3 Å². The number of carbonyl (C=O) groups is 2. The number of hydrogen-bond acceptors (Lipinski definition) is 4. The first-order chi connectivity index (χ1) is 9.91. The largest absolute Gasteiger partial charge is 0.478 e. The summed E-state index contributed by atoms with van der Waals surface area (Å²) in [4.78, 5) is 29.7. The molecule has 0 bridgehead atoms. The van der Waals surface area contributed by atoms with Crippen LogP contribution in [0.2, 0.25) is 0 Å². The minimum atomic E-state index is -1.05. The summed E-state index contributed by atoms with van der Waals surface area (Å²) in [5.41, 5.74) is 1.44. The van der Waals surface area contributed by atoms with Crippen molar-refractivity contribution in [2.45, 2.75) is 13.8 Å². The zero-order valence-electron chi connectivity index (χ0n) is 11.9. The van der Waals surface area contributed by atoms with Gasteiger partial charge in [-0.05, 0) is 31.5 Å². The van der Waals surface area contributed by atoms with Crippen molar-refractivity contribution in [3.63, 3.8) is 0 Å². The van der Waals surface area contributed by atoms with Gasteiger partial charge in [-0.3, -0.25) is 15.2 Å². The predicted octanol–water partition coefficient (Wildman–Crippen LogP) is 3.13. The fourth-order valence-corrected chi connectivity index (χ4v) is 2.87. The number of aromatic nitrogens is 1. The molecule has 0 saturated heterocycles. The SMILES string of the molecule is Cc1sc(NC(=O)N(C)c2cccnc2)c(C(=O)O)c1C. The Balaban J connectivity index is 2.24. The average Bonchev–Trinajstić information content (AvgIpc) is 2.73. The number of anilines is 2. The first kappa shape index (κ1) is 15.0. The van der Waals surface area contributed by atoms with Crippen LogP contribution in [0, 0.1) is 13.8 Å². The Morgan fingerprint density at radius 1 is 1.38 bits per heavy atom. The van der Waals surface area contributed by atoms with Crippen molar-refractivity contribution in [3.05, 3.63) is 40.5 Å². The molecule has 21 heavy (non-hydrogen) atoms. The molecule has 0 unspecified atom stereocenters. The number of hydrogen-bond donors (Lipinski definition) is 2. The lowest BCUT2D eigenvalue weighted by atomic mass is 10.1. The summed E-state index contributed by atoms with van der Waals surface area (Å²) >= 11 is 1.26. The molecule has 7 heteroatoms. The quantitative estimate of drug-likeness (QED) is 0.912. The smallest absolute Gasteiger partial charge is 0.338 e. The number of nitrogens with zero attached hydrogens (tertiary/aromatic N) is 2. The van der Waals surface area contributed by atoms with Gasteiger partial charge in [0.2, 0.25) is 0 Å². The van der Waals surface area contributed by atoms with Crippen molar-refractivity contribution >= 4 is 34.0 Å². The molecule has 0 atom stereocenters. The van der Waals surface area contributed by atoms with Crippen molar-refractivity contribution in [1.82, 2.24) is 4.98 Å². The number of carboxylic acids is 1. The minimum absolute atomic E-state index is 0.144. The van der Waals surface area contributed by atoms with Crippen LogP contribution in [0.1, 0.15) is 20.8 Å². The van der Waals surface area contributed by atoms with E-state index in [0.717, 1.165) is 4.88 Å². The second kappa shape index (κ2) is 5.92. The van der Waals surface area contributed by atoms with Crippen LogP contribution in [0.3, 0.4) is 0 Å². The summed E-state index contributed by atoms with van der Waals surface area (Å²) in [6, 6.07) is 3.06. The topological polar surface area (TPSA) is 82.5 Å². The summed E-state index contributed by atoms with van der Waals surface area (Å²) in [5, 5.41) is 12.3. The molecule has 2 aromatic heterocycles. The Labute approximate surface area is 126 Å². The molecule has 0 saturated carbocycles. The first-order valence-corrected chi connectivity index (χ1v) is 7.01. The van der Waals surface area contributed by atoms with Crippen LogP contribution in [-0.4, -0.2) is 29.1 Å². The van der Waals surface area contributed by atoms with E-state index in [0.29, 0.717) is 16.3 Å². The summed E-state index contributed by atoms with van der Waals surface area (Å²) in [6.07, 6.45) is 3.17. The monoisotopic (exact) mass is 305 g/mol. The van der Waals surface area contributed by atoms with Gasteiger partial charge in [-0.15, -0.1) is 11.3 Å². The first-order valence-electron chi connectivity index (χ1n) is 6.19. The molecule has 0 aromatic carbocycles. The summed E-state index contributed by atoms with van der Waals surface area (Å²) in [5.74, 6) is -1.05. The van der Waals surface area contributed by atoms with E-state index in [9.17, 15) is 14.7 Å². The lowest BCUT2D eigenvalue weighted by Crippen LogP contribution is -2.31. The molecule has 0 fully saturated rings. The van der Waals surface area contributed by atoms with E-state index in [1.165, 1.54) is 16.2 Å². The third-order valence-electron chi connectivity index (χ3n) is 3.16. The van der Waals surface area contributed by atoms with Gasteiger partial charge in [0.25, 0.3) is 0 Å². The molecule has 2 rings (SSSR count). The lowest BCUT2D eigenvalue weighted by Gasteiger charge is -2.17. The molecular weight excluding hydrogens is 290 g/mol. The van der Waals surface area contributed by atoms with Gasteiger partial charge in [0.15, 0.2) is 0 Å². The van der Waals surface area contributed by atoms with Gasteiger partial charge in [-0.25, -0.2) is 9.59 Å². The highest BCUT2D eigenvalue weighted by molar-refractivity contribution is 7.16. The molecule has 110 valence electrons. The Kier molecular flexibility index (Phi) is 4.23. The van der Waals surface area contributed by atoms with E-state index >= 15 is 0 Å². The highest BCUT2D eigenvalue weighted by atomic mass is 32.1. The Morgan fingerprint density at radius 3 is 2.67 bits per heavy atom. The standard InChI is InChI=1S/C14H15N3O3S/c1-8-9(2)21-12(11(8)13(18)19)16-14(20)17(3)10-5-4-6-15-7-10/h4-7H,1-3H3,(H,16,20)(H,18,19). The maximum absolute atomic E-state index is 12.2. The molecule has 0 spiro atoms. The van der Waals surface area contributed by atoms with Gasteiger partial charge in [-0.2, -0.15) is 0 Å². The summed E-state index contributed by atoms with van der Waals surface area (Å²) < 4.78 is 0. The number of carbonyl (C=O) groups excluding carboxylic acids is 1. The number of pyridine rings is 1. The van der Waals surface area contributed by atoms with Crippen LogP contribution in [0.25, 0.3) is 0 Å². The van der Waals surface area contributed by atoms with Crippen molar-refractivity contribution < 1.29 is 14.7 Å². The molecular formula is C14H15N3O3S. The van der Waals surface area contributed by atoms with Gasteiger partial charge >= 0.3 is 12.0 Å². The fourth-order valence-electron chi connectivity index (χ4n) is 1.82. The number of thiophene rings is 1. The number of aromatic carboxylic acids is 1. The normalized spacial score (nSPS) is 10.2. The van der Waals surface area contributed by atoms with E-state index in [-0.39, 0.29) is 5.56 Å². The molecule has 0 aliphatic heterocycles. The number of nitrogens with one attached hydrogen (secondary N) is 1. The van der Waals surface area contributed by atoms with Crippen molar-refractivity contribution in [2.75, 3.05) is 17.3 Å². The van der Waals surface area contributed by atoms with E-state index in [1.54, 1.807) is 38.5 Å². The molecule has 2 N–H and O–H groups in total. The Hall–Kier alpha value is -2.41. The highest BCUT2D eigenvalue weighted by Gasteiger charge is 2.21. The van der Waals surface area contributed by atoms with Crippen LogP contribution in [-0.2, 0) is 0 Å². The Morgan fingerprint density at radius 2 is 2.10 bits per heavy atom. The number of urea groups is 1. The van der Waals surface area contributed by atoms with Gasteiger partial charge < -0.3 is 5.11 Å². The van der Waals surface area contributed by atoms with Crippen LogP contribution in [0.5, 0.6) is 0 Å². The fraction of sp³-hybridized carbons (Fsp3) is 0.214. The van der Waals surface area contributed by atoms with Crippen LogP contribution in [0.15, 0.2) is 24.5 Å². The van der Waals surface area contributed by atoms with Crippen molar-refractivity contribution in [1.29, 1.82) is 0 Å². The van der Waals surface area contributed by atoms with Gasteiger partial charge in [-0.1, -0.05) is 0 Å². The van der Waals surface area contributed by atoms with E-state index in [4.69, 9.17) is 0 Å². The molecule has 6 nitrogen and oxygen atoms in total. The summed E-state index contributed by atoms with van der Waals surface area (Å²) in [6.45, 7) is 3.56. The van der Waals surface area contributed by atoms with E-state index in [1.807, 2.05) is 6.92 Å². The minimum Gasteiger partial charge on any atom is -0.478 e. The van der Waals surface area contributed by atoms with E-state index < -0.39 is 12.0 Å². The van der Waals surface area contributed by atoms with Crippen molar-refractivity contribution in [3.8, 4) is 0 Å². The second-order valence-electron chi connectivity index (χ2n) is 4.49. The molecule has 0 aliphatic rings. The van der Waals surface area contributed by atoms with Gasteiger partial charge in [0, 0.05) is 18.1 Å². The molecule has 0 aliphatic carbocycles. The highest BCUT2D eigenvalue weighted by Crippen LogP contribution is 2.32. The van der Waals surface area contributed by atoms with Crippen LogP contribution < -0.4 is 10.2 Å². The maximum Gasteiger partial charge on any atom is 0.338 e. The van der Waals surface area contributed by atoms with Gasteiger partial charge in [0.1, 0.15) is 5.00 Å². The van der Waals surface area contributed by atoms with Crippen molar-refractivity contribution in [2.24, 2.45) is 0 Å². The average molecular weight is 305 g/mol. The second-order valence-corrected chi connectivity index (χ2v) is 5.72. The third kappa shape index (κ3) is 3.03. The molecule has 2 amide bonds. The molecule has 0 radical (unpaired) electrons. The Bertz CT molecular complexity index is 682. The van der Waals surface area contributed by atoms with Gasteiger partial charge in [0.05, 0.1) is 17.4 Å². The number of rotatable bonds is 3. The predicted molar refractivity (Wildman–Crippen MR) is 82.4 cm³/mol. The number of aryl methyl sites for hydroxylation is 1. The number of carboxylic acid groups (broad SMARTS) is 1. The summed E-state index contributed by atoms with van der Waals surface area (Å²) in [7, 11) is 1.60. The molecule has 2 aromatic rings. The lowest BCUT2D eigenvalue weighted by molar-refractivity contribution is 0.0697. The van der Waals surface area contributed by atoms with E-state index in [2.05, 4.69) is 10.3 Å². The number of amides is 2.